The molecule has 1 fully saturated rings. The molecule has 0 aromatic carbocycles. The third-order valence-electron chi connectivity index (χ3n) is 5.54. The number of amides is 1. The molecule has 6 nitrogen and oxygen atoms in total. The van der Waals surface area contributed by atoms with E-state index < -0.39 is 5.97 Å². The molecular formula is C19H27N3O3. The minimum atomic E-state index is -0.502. The molecule has 0 unspecified atom stereocenters. The van der Waals surface area contributed by atoms with Crippen LogP contribution in [-0.4, -0.2) is 46.8 Å². The molecule has 0 saturated carbocycles. The third kappa shape index (κ3) is 3.48. The van der Waals surface area contributed by atoms with Crippen molar-refractivity contribution >= 4 is 11.9 Å². The van der Waals surface area contributed by atoms with Crippen molar-refractivity contribution < 1.29 is 14.3 Å². The normalized spacial score (nSPS) is 19.4. The van der Waals surface area contributed by atoms with E-state index in [4.69, 9.17) is 5.10 Å². The number of rotatable bonds is 3. The number of hydrogen-bond donors (Lipinski definition) is 0. The predicted octanol–water partition coefficient (Wildman–Crippen LogP) is 2.39. The van der Waals surface area contributed by atoms with Crippen LogP contribution in [0.15, 0.2) is 18.3 Å². The first-order chi connectivity index (χ1) is 11.9. The largest absolute Gasteiger partial charge is 0.466 e. The summed E-state index contributed by atoms with van der Waals surface area (Å²) in [5.74, 6) is -0.623. The Kier molecular flexibility index (Phi) is 4.97. The average molecular weight is 345 g/mol. The van der Waals surface area contributed by atoms with Crippen molar-refractivity contribution in [3.05, 3.63) is 29.6 Å². The smallest absolute Gasteiger partial charge is 0.330 e. The molecule has 6 heteroatoms. The number of nitrogens with zero attached hydrogens (tertiary/aromatic N) is 3. The van der Waals surface area contributed by atoms with E-state index in [0.717, 1.165) is 25.7 Å². The average Bonchev–Trinajstić information content (AvgIpc) is 3.06. The molecule has 0 bridgehead atoms. The first-order valence-electron chi connectivity index (χ1n) is 9.08. The number of carbonyl (C=O) groups is 2. The Morgan fingerprint density at radius 3 is 2.60 bits per heavy atom. The van der Waals surface area contributed by atoms with Crippen LogP contribution in [0.2, 0.25) is 0 Å². The zero-order valence-electron chi connectivity index (χ0n) is 15.3. The fourth-order valence-corrected chi connectivity index (χ4v) is 4.01. The van der Waals surface area contributed by atoms with E-state index in [1.807, 2.05) is 4.90 Å². The molecule has 1 aliphatic carbocycles. The molecule has 2 aliphatic rings. The molecule has 1 aromatic rings. The van der Waals surface area contributed by atoms with Gasteiger partial charge < -0.3 is 9.64 Å². The summed E-state index contributed by atoms with van der Waals surface area (Å²) >= 11 is 0. The van der Waals surface area contributed by atoms with E-state index in [0.29, 0.717) is 19.1 Å². The third-order valence-corrected chi connectivity index (χ3v) is 5.54. The quantitative estimate of drug-likeness (QED) is 0.623. The molecule has 1 aliphatic heterocycles. The molecular weight excluding hydrogens is 318 g/mol. The fourth-order valence-electron chi connectivity index (χ4n) is 4.01. The van der Waals surface area contributed by atoms with E-state index in [2.05, 4.69) is 29.5 Å². The van der Waals surface area contributed by atoms with Crippen molar-refractivity contribution in [1.82, 2.24) is 14.7 Å². The van der Waals surface area contributed by atoms with Gasteiger partial charge in [0.25, 0.3) is 0 Å². The van der Waals surface area contributed by atoms with Gasteiger partial charge in [0, 0.05) is 42.9 Å². The summed E-state index contributed by atoms with van der Waals surface area (Å²) in [5, 5.41) is 4.91. The lowest BCUT2D eigenvalue weighted by Gasteiger charge is -2.43. The lowest BCUT2D eigenvalue weighted by atomic mass is 9.67. The van der Waals surface area contributed by atoms with Gasteiger partial charge >= 0.3 is 5.97 Å². The zero-order valence-corrected chi connectivity index (χ0v) is 15.3. The Balaban J connectivity index is 1.71. The van der Waals surface area contributed by atoms with Gasteiger partial charge in [0.05, 0.1) is 12.8 Å². The van der Waals surface area contributed by atoms with E-state index in [1.54, 1.807) is 0 Å². The second-order valence-corrected chi connectivity index (χ2v) is 7.39. The first-order valence-corrected chi connectivity index (χ1v) is 9.08. The Morgan fingerprint density at radius 1 is 1.24 bits per heavy atom. The highest BCUT2D eigenvalue weighted by Crippen LogP contribution is 2.44. The number of likely N-dealkylation sites (tertiary alicyclic amines) is 1. The van der Waals surface area contributed by atoms with Crippen LogP contribution in [0.3, 0.4) is 0 Å². The molecule has 2 heterocycles. The van der Waals surface area contributed by atoms with Crippen LogP contribution < -0.4 is 0 Å². The van der Waals surface area contributed by atoms with Gasteiger partial charge in [-0.3, -0.25) is 9.48 Å². The highest BCUT2D eigenvalue weighted by atomic mass is 16.5. The van der Waals surface area contributed by atoms with E-state index in [9.17, 15) is 9.59 Å². The van der Waals surface area contributed by atoms with Gasteiger partial charge in [0.15, 0.2) is 0 Å². The lowest BCUT2D eigenvalue weighted by molar-refractivity contribution is -0.135. The van der Waals surface area contributed by atoms with Crippen molar-refractivity contribution in [2.45, 2.75) is 57.4 Å². The highest BCUT2D eigenvalue weighted by molar-refractivity contribution is 5.94. The van der Waals surface area contributed by atoms with Crippen LogP contribution in [0.1, 0.15) is 56.8 Å². The van der Waals surface area contributed by atoms with Crippen LogP contribution in [0.4, 0.5) is 0 Å². The van der Waals surface area contributed by atoms with E-state index in [1.165, 1.54) is 36.9 Å². The Hall–Kier alpha value is -2.11. The Bertz CT molecular complexity index is 682. The first kappa shape index (κ1) is 17.7. The molecule has 0 N–H and O–H groups in total. The number of hydrogen-bond acceptors (Lipinski definition) is 4. The molecule has 1 saturated heterocycles. The number of esters is 1. The summed E-state index contributed by atoms with van der Waals surface area (Å²) < 4.78 is 6.61. The zero-order chi connectivity index (χ0) is 18.0. The Morgan fingerprint density at radius 2 is 1.96 bits per heavy atom. The Labute approximate surface area is 148 Å². The maximum absolute atomic E-state index is 12.2. The van der Waals surface area contributed by atoms with Gasteiger partial charge in [-0.15, -0.1) is 0 Å². The molecule has 1 spiro atoms. The topological polar surface area (TPSA) is 64.4 Å². The summed E-state index contributed by atoms with van der Waals surface area (Å²) in [6.45, 7) is 5.72. The fraction of sp³-hybridized carbons (Fsp3) is 0.632. The van der Waals surface area contributed by atoms with Crippen molar-refractivity contribution in [3.63, 3.8) is 0 Å². The molecule has 1 aromatic heterocycles. The van der Waals surface area contributed by atoms with Gasteiger partial charge in [-0.05, 0) is 51.5 Å². The monoisotopic (exact) mass is 345 g/mol. The molecule has 25 heavy (non-hydrogen) atoms. The van der Waals surface area contributed by atoms with Crippen LogP contribution >= 0.6 is 0 Å². The number of fused-ring (bicyclic) bond motifs is 2. The lowest BCUT2D eigenvalue weighted by Crippen LogP contribution is -2.46. The second kappa shape index (κ2) is 7.02. The van der Waals surface area contributed by atoms with Gasteiger partial charge in [0.1, 0.15) is 0 Å². The van der Waals surface area contributed by atoms with Crippen LogP contribution in [0.25, 0.3) is 0 Å². The number of carbonyl (C=O) groups excluding carboxylic acids is 2. The molecule has 0 atom stereocenters. The van der Waals surface area contributed by atoms with Crippen molar-refractivity contribution in [3.8, 4) is 0 Å². The standard InChI is InChI=1S/C19H27N3O3/c1-14(2)22-13-15-5-4-8-19(18(15)20-22)9-11-21(12-10-19)16(23)6-7-17(24)25-3/h6-7,13-14H,4-5,8-12H2,1-3H3/b7-6+. The van der Waals surface area contributed by atoms with Crippen molar-refractivity contribution in [1.29, 1.82) is 0 Å². The number of methoxy groups -OCH3 is 1. The molecule has 1 amide bonds. The molecule has 0 radical (unpaired) electrons. The number of aryl methyl sites for hydroxylation is 1. The minimum Gasteiger partial charge on any atom is -0.466 e. The van der Waals surface area contributed by atoms with Gasteiger partial charge in [-0.2, -0.15) is 5.10 Å². The van der Waals surface area contributed by atoms with E-state index in [-0.39, 0.29) is 11.3 Å². The van der Waals surface area contributed by atoms with Crippen LogP contribution in [0, 0.1) is 0 Å². The second-order valence-electron chi connectivity index (χ2n) is 7.39. The van der Waals surface area contributed by atoms with Gasteiger partial charge in [-0.25, -0.2) is 4.79 Å². The van der Waals surface area contributed by atoms with Crippen molar-refractivity contribution in [2.24, 2.45) is 0 Å². The van der Waals surface area contributed by atoms with E-state index >= 15 is 0 Å². The maximum atomic E-state index is 12.2. The summed E-state index contributed by atoms with van der Waals surface area (Å²) in [6.07, 6.45) is 10.0. The van der Waals surface area contributed by atoms with Crippen LogP contribution in [0.5, 0.6) is 0 Å². The van der Waals surface area contributed by atoms with Gasteiger partial charge in [-0.1, -0.05) is 0 Å². The molecule has 136 valence electrons. The predicted molar refractivity (Wildman–Crippen MR) is 94.2 cm³/mol. The summed E-state index contributed by atoms with van der Waals surface area (Å²) in [6, 6.07) is 0.368. The summed E-state index contributed by atoms with van der Waals surface area (Å²) in [5.41, 5.74) is 2.74. The summed E-state index contributed by atoms with van der Waals surface area (Å²) in [7, 11) is 1.30. The number of piperidine rings is 1. The van der Waals surface area contributed by atoms with Gasteiger partial charge in [0.2, 0.25) is 5.91 Å². The maximum Gasteiger partial charge on any atom is 0.330 e. The van der Waals surface area contributed by atoms with Crippen molar-refractivity contribution in [2.75, 3.05) is 20.2 Å². The number of ether oxygens (including phenoxy) is 1. The SMILES string of the molecule is COC(=O)/C=C/C(=O)N1CCC2(CCCc3cn(C(C)C)nc32)CC1. The number of aromatic nitrogens is 2. The highest BCUT2D eigenvalue weighted by Gasteiger charge is 2.42. The van der Waals surface area contributed by atoms with Crippen LogP contribution in [-0.2, 0) is 26.2 Å². The minimum absolute atomic E-state index is 0.108. The molecule has 3 rings (SSSR count). The summed E-state index contributed by atoms with van der Waals surface area (Å²) in [4.78, 5) is 25.2.